The number of hydrogen-bond acceptors (Lipinski definition) is 6. The zero-order valence-electron chi connectivity index (χ0n) is 16.3. The molecule has 4 rings (SSSR count). The lowest BCUT2D eigenvalue weighted by Crippen LogP contribution is -2.13. The number of para-hydroxylation sites is 1. The zero-order chi connectivity index (χ0) is 21.1. The third kappa shape index (κ3) is 4.34. The number of rotatable bonds is 7. The topological polar surface area (TPSA) is 67.1 Å². The van der Waals surface area contributed by atoms with E-state index in [1.54, 1.807) is 30.3 Å². The second-order valence-electron chi connectivity index (χ2n) is 6.62. The molecule has 1 fully saturated rings. The van der Waals surface area contributed by atoms with E-state index in [2.05, 4.69) is 15.9 Å². The highest BCUT2D eigenvalue weighted by Gasteiger charge is 2.19. The Morgan fingerprint density at radius 2 is 1.93 bits per heavy atom. The van der Waals surface area contributed by atoms with Gasteiger partial charge >= 0.3 is 0 Å². The molecule has 3 aromatic rings. The zero-order valence-corrected chi connectivity index (χ0v) is 18.6. The van der Waals surface area contributed by atoms with Crippen LogP contribution in [-0.4, -0.2) is 32.7 Å². The normalized spacial score (nSPS) is 14.4. The van der Waals surface area contributed by atoms with Crippen molar-refractivity contribution in [2.75, 3.05) is 26.4 Å². The van der Waals surface area contributed by atoms with Gasteiger partial charge in [0.15, 0.2) is 11.9 Å². The summed E-state index contributed by atoms with van der Waals surface area (Å²) >= 11 is 9.68. The van der Waals surface area contributed by atoms with E-state index in [0.717, 1.165) is 4.47 Å². The smallest absolute Gasteiger partial charge is 0.200 e. The lowest BCUT2D eigenvalue weighted by molar-refractivity contribution is -0.0531. The van der Waals surface area contributed by atoms with Gasteiger partial charge in [0.1, 0.15) is 17.8 Å². The molecule has 158 valence electrons. The average Bonchev–Trinajstić information content (AvgIpc) is 3.25. The number of ether oxygens (including phenoxy) is 4. The van der Waals surface area contributed by atoms with Gasteiger partial charge < -0.3 is 23.4 Å². The highest BCUT2D eigenvalue weighted by Crippen LogP contribution is 2.39. The van der Waals surface area contributed by atoms with Crippen LogP contribution < -0.4 is 14.9 Å². The summed E-state index contributed by atoms with van der Waals surface area (Å²) in [6.07, 6.45) is 1.76. The van der Waals surface area contributed by atoms with Crippen LogP contribution in [0.25, 0.3) is 22.1 Å². The summed E-state index contributed by atoms with van der Waals surface area (Å²) in [7, 11) is 0. The minimum atomic E-state index is -0.247. The van der Waals surface area contributed by atoms with Gasteiger partial charge in [-0.1, -0.05) is 17.7 Å². The van der Waals surface area contributed by atoms with Crippen molar-refractivity contribution in [2.45, 2.75) is 19.6 Å². The van der Waals surface area contributed by atoms with Crippen molar-refractivity contribution >= 4 is 38.5 Å². The first-order chi connectivity index (χ1) is 14.6. The van der Waals surface area contributed by atoms with E-state index < -0.39 is 0 Å². The minimum Gasteiger partial charge on any atom is -0.493 e. The number of benzene rings is 2. The summed E-state index contributed by atoms with van der Waals surface area (Å²) < 4.78 is 29.0. The van der Waals surface area contributed by atoms with Gasteiger partial charge in [0.05, 0.1) is 46.9 Å². The van der Waals surface area contributed by atoms with Crippen molar-refractivity contribution in [3.8, 4) is 22.6 Å². The van der Waals surface area contributed by atoms with E-state index in [9.17, 15) is 4.79 Å². The van der Waals surface area contributed by atoms with Crippen molar-refractivity contribution in [3.05, 3.63) is 56.3 Å². The molecule has 2 aromatic carbocycles. The standard InChI is InChI=1S/C22H20BrClO6/c1-2-26-18-11-16(23)19(27-7-6-20-28-8-9-29-20)10-14(18)15-12-30-22-13(21(15)25)4-3-5-17(22)24/h3-5,10-12,20H,2,6-9H2,1H3. The van der Waals surface area contributed by atoms with Crippen LogP contribution in [0.3, 0.4) is 0 Å². The highest BCUT2D eigenvalue weighted by molar-refractivity contribution is 9.10. The van der Waals surface area contributed by atoms with Gasteiger partial charge in [-0.05, 0) is 47.1 Å². The van der Waals surface area contributed by atoms with Gasteiger partial charge in [-0.2, -0.15) is 0 Å². The average molecular weight is 496 g/mol. The van der Waals surface area contributed by atoms with Crippen molar-refractivity contribution < 1.29 is 23.4 Å². The van der Waals surface area contributed by atoms with Gasteiger partial charge in [-0.25, -0.2) is 0 Å². The van der Waals surface area contributed by atoms with Crippen LogP contribution in [0.4, 0.5) is 0 Å². The molecule has 0 radical (unpaired) electrons. The SMILES string of the molecule is CCOc1cc(Br)c(OCCC2OCCO2)cc1-c1coc2c(Cl)cccc2c1=O. The third-order valence-electron chi connectivity index (χ3n) is 4.68. The molecule has 8 heteroatoms. The molecule has 0 aliphatic carbocycles. The van der Waals surface area contributed by atoms with E-state index in [1.165, 1.54) is 6.26 Å². The Morgan fingerprint density at radius 1 is 1.13 bits per heavy atom. The molecule has 1 aliphatic rings. The maximum Gasteiger partial charge on any atom is 0.200 e. The number of halogens is 2. The summed E-state index contributed by atoms with van der Waals surface area (Å²) in [5, 5.41) is 0.792. The Balaban J connectivity index is 1.71. The lowest BCUT2D eigenvalue weighted by atomic mass is 10.0. The van der Waals surface area contributed by atoms with Gasteiger partial charge in [0, 0.05) is 12.0 Å². The van der Waals surface area contributed by atoms with Crippen LogP contribution >= 0.6 is 27.5 Å². The van der Waals surface area contributed by atoms with Crippen LogP contribution in [0.15, 0.2) is 50.3 Å². The van der Waals surface area contributed by atoms with Gasteiger partial charge in [-0.15, -0.1) is 0 Å². The summed E-state index contributed by atoms with van der Waals surface area (Å²) in [4.78, 5) is 13.2. The van der Waals surface area contributed by atoms with Crippen molar-refractivity contribution in [1.82, 2.24) is 0 Å². The molecule has 1 saturated heterocycles. The molecule has 6 nitrogen and oxygen atoms in total. The van der Waals surface area contributed by atoms with Gasteiger partial charge in [-0.3, -0.25) is 4.79 Å². The maximum absolute atomic E-state index is 13.2. The van der Waals surface area contributed by atoms with Crippen LogP contribution in [0.1, 0.15) is 13.3 Å². The molecule has 1 aromatic heterocycles. The Morgan fingerprint density at radius 3 is 2.70 bits per heavy atom. The van der Waals surface area contributed by atoms with Gasteiger partial charge in [0.25, 0.3) is 0 Å². The first-order valence-electron chi connectivity index (χ1n) is 9.61. The monoisotopic (exact) mass is 494 g/mol. The second kappa shape index (κ2) is 9.39. The largest absolute Gasteiger partial charge is 0.493 e. The first-order valence-corrected chi connectivity index (χ1v) is 10.8. The van der Waals surface area contributed by atoms with Crippen LogP contribution in [0, 0.1) is 0 Å². The molecule has 2 heterocycles. The van der Waals surface area contributed by atoms with E-state index in [1.807, 2.05) is 6.92 Å². The summed E-state index contributed by atoms with van der Waals surface area (Å²) in [5.74, 6) is 1.13. The highest BCUT2D eigenvalue weighted by atomic mass is 79.9. The Bertz CT molecular complexity index is 1110. The number of hydrogen-bond donors (Lipinski definition) is 0. The minimum absolute atomic E-state index is 0.194. The maximum atomic E-state index is 13.2. The van der Waals surface area contributed by atoms with E-state index in [0.29, 0.717) is 71.5 Å². The van der Waals surface area contributed by atoms with Crippen molar-refractivity contribution in [3.63, 3.8) is 0 Å². The van der Waals surface area contributed by atoms with E-state index >= 15 is 0 Å². The predicted molar refractivity (Wildman–Crippen MR) is 118 cm³/mol. The van der Waals surface area contributed by atoms with Gasteiger partial charge in [0.2, 0.25) is 5.43 Å². The van der Waals surface area contributed by atoms with Crippen LogP contribution in [-0.2, 0) is 9.47 Å². The molecule has 0 amide bonds. The molecule has 0 bridgehead atoms. The molecular formula is C22H20BrClO6. The van der Waals surface area contributed by atoms with Crippen LogP contribution in [0.2, 0.25) is 5.02 Å². The van der Waals surface area contributed by atoms with Crippen molar-refractivity contribution in [1.29, 1.82) is 0 Å². The Labute approximate surface area is 186 Å². The Hall–Kier alpha value is -2.06. The molecule has 30 heavy (non-hydrogen) atoms. The molecule has 0 unspecified atom stereocenters. The first kappa shape index (κ1) is 21.2. The summed E-state index contributed by atoms with van der Waals surface area (Å²) in [6.45, 7) is 3.93. The Kier molecular flexibility index (Phi) is 6.63. The molecule has 0 spiro atoms. The number of fused-ring (bicyclic) bond motifs is 1. The second-order valence-corrected chi connectivity index (χ2v) is 7.88. The van der Waals surface area contributed by atoms with Crippen LogP contribution in [0.5, 0.6) is 11.5 Å². The van der Waals surface area contributed by atoms with E-state index in [4.69, 9.17) is 35.0 Å². The fourth-order valence-electron chi connectivity index (χ4n) is 3.28. The lowest BCUT2D eigenvalue weighted by Gasteiger charge is -2.16. The fourth-order valence-corrected chi connectivity index (χ4v) is 3.94. The molecule has 0 atom stereocenters. The quantitative estimate of drug-likeness (QED) is 0.436. The molecule has 1 aliphatic heterocycles. The summed E-state index contributed by atoms with van der Waals surface area (Å²) in [6, 6.07) is 8.65. The summed E-state index contributed by atoms with van der Waals surface area (Å²) in [5.41, 5.74) is 1.11. The van der Waals surface area contributed by atoms with Crippen molar-refractivity contribution in [2.24, 2.45) is 0 Å². The fraction of sp³-hybridized carbons (Fsp3) is 0.318. The molecule has 0 saturated carbocycles. The molecular weight excluding hydrogens is 476 g/mol. The predicted octanol–water partition coefficient (Wildman–Crippen LogP) is 5.42. The molecule has 0 N–H and O–H groups in total. The van der Waals surface area contributed by atoms with E-state index in [-0.39, 0.29) is 11.7 Å². The third-order valence-corrected chi connectivity index (χ3v) is 5.59.